The topological polar surface area (TPSA) is 41.6 Å². The third-order valence-electron chi connectivity index (χ3n) is 3.69. The van der Waals surface area contributed by atoms with E-state index < -0.39 is 0 Å². The lowest BCUT2D eigenvalue weighted by atomic mass is 10.2. The largest absolute Gasteiger partial charge is 0.376 e. The fourth-order valence-electron chi connectivity index (χ4n) is 2.44. The number of carbonyl (C=O) groups excluding carboxylic acids is 1. The normalized spacial score (nSPS) is 22.4. The second kappa shape index (κ2) is 5.92. The van der Waals surface area contributed by atoms with E-state index in [0.717, 1.165) is 38.8 Å². The lowest BCUT2D eigenvalue weighted by Gasteiger charge is -2.23. The van der Waals surface area contributed by atoms with Crippen molar-refractivity contribution >= 4 is 17.4 Å². The van der Waals surface area contributed by atoms with E-state index in [-0.39, 0.29) is 12.1 Å². The summed E-state index contributed by atoms with van der Waals surface area (Å²) in [6, 6.07) is 2.58. The molecule has 1 atom stereocenters. The Balaban J connectivity index is 1.52. The van der Waals surface area contributed by atoms with Crippen LogP contribution < -0.4 is 5.32 Å². The maximum absolute atomic E-state index is 12.3. The van der Waals surface area contributed by atoms with Gasteiger partial charge in [0.1, 0.15) is 0 Å². The summed E-state index contributed by atoms with van der Waals surface area (Å²) in [6.07, 6.45) is 4.66. The van der Waals surface area contributed by atoms with Gasteiger partial charge in [-0.2, -0.15) is 11.3 Å². The maximum atomic E-state index is 12.3. The van der Waals surface area contributed by atoms with Gasteiger partial charge < -0.3 is 15.0 Å². The minimum atomic E-state index is 0.0594. The molecule has 1 saturated heterocycles. The Morgan fingerprint density at radius 3 is 3.00 bits per heavy atom. The van der Waals surface area contributed by atoms with Crippen LogP contribution in [-0.4, -0.2) is 36.2 Å². The van der Waals surface area contributed by atoms with Crippen LogP contribution in [0.1, 0.15) is 31.2 Å². The standard InChI is InChI=1S/C14H20N2O2S/c17-14(15-8-13-2-1-6-18-13)16(12-3-4-12)9-11-5-7-19-10-11/h5,7,10,12-13H,1-4,6,8-9H2,(H,15,17)/t13-/m0/s1. The van der Waals surface area contributed by atoms with Crippen molar-refractivity contribution in [3.05, 3.63) is 22.4 Å². The zero-order chi connectivity index (χ0) is 13.1. The van der Waals surface area contributed by atoms with Gasteiger partial charge in [0.2, 0.25) is 0 Å². The van der Waals surface area contributed by atoms with Crippen LogP contribution in [0.3, 0.4) is 0 Å². The third kappa shape index (κ3) is 3.48. The molecule has 4 nitrogen and oxygen atoms in total. The van der Waals surface area contributed by atoms with E-state index in [2.05, 4.69) is 22.1 Å². The summed E-state index contributed by atoms with van der Waals surface area (Å²) in [6.45, 7) is 2.21. The smallest absolute Gasteiger partial charge is 0.318 e. The van der Waals surface area contributed by atoms with Crippen LogP contribution in [0.5, 0.6) is 0 Å². The maximum Gasteiger partial charge on any atom is 0.318 e. The molecule has 2 aliphatic rings. The average Bonchev–Trinajstić information content (AvgIpc) is 2.94. The molecule has 2 heterocycles. The van der Waals surface area contributed by atoms with E-state index in [0.29, 0.717) is 12.6 Å². The molecule has 2 amide bonds. The van der Waals surface area contributed by atoms with Crippen LogP contribution >= 0.6 is 11.3 Å². The van der Waals surface area contributed by atoms with Crippen molar-refractivity contribution in [3.63, 3.8) is 0 Å². The summed E-state index contributed by atoms with van der Waals surface area (Å²) in [7, 11) is 0. The van der Waals surface area contributed by atoms with E-state index in [1.165, 1.54) is 5.56 Å². The van der Waals surface area contributed by atoms with Gasteiger partial charge in [-0.15, -0.1) is 0 Å². The molecule has 1 N–H and O–H groups in total. The summed E-state index contributed by atoms with van der Waals surface area (Å²) in [5, 5.41) is 7.20. The number of carbonyl (C=O) groups is 1. The van der Waals surface area contributed by atoms with Crippen LogP contribution in [0.4, 0.5) is 4.79 Å². The van der Waals surface area contributed by atoms with Crippen LogP contribution in [-0.2, 0) is 11.3 Å². The number of hydrogen-bond acceptors (Lipinski definition) is 3. The minimum absolute atomic E-state index is 0.0594. The molecule has 1 aromatic rings. The van der Waals surface area contributed by atoms with Crippen LogP contribution in [0.25, 0.3) is 0 Å². The minimum Gasteiger partial charge on any atom is -0.376 e. The number of rotatable bonds is 5. The Labute approximate surface area is 117 Å². The molecule has 5 heteroatoms. The van der Waals surface area contributed by atoms with E-state index in [1.807, 2.05) is 4.90 Å². The van der Waals surface area contributed by atoms with E-state index >= 15 is 0 Å². The average molecular weight is 280 g/mol. The quantitative estimate of drug-likeness (QED) is 0.900. The van der Waals surface area contributed by atoms with E-state index in [4.69, 9.17) is 4.74 Å². The van der Waals surface area contributed by atoms with Crippen molar-refractivity contribution in [1.29, 1.82) is 0 Å². The van der Waals surface area contributed by atoms with Gasteiger partial charge in [0.05, 0.1) is 6.10 Å². The third-order valence-corrected chi connectivity index (χ3v) is 4.42. The summed E-state index contributed by atoms with van der Waals surface area (Å²) < 4.78 is 5.53. The van der Waals surface area contributed by atoms with Gasteiger partial charge in [0.15, 0.2) is 0 Å². The Hall–Kier alpha value is -1.07. The number of nitrogens with one attached hydrogen (secondary N) is 1. The molecule has 0 radical (unpaired) electrons. The number of nitrogens with zero attached hydrogens (tertiary/aromatic N) is 1. The van der Waals surface area contributed by atoms with E-state index in [9.17, 15) is 4.79 Å². The number of amides is 2. The molecule has 0 unspecified atom stereocenters. The first-order valence-electron chi connectivity index (χ1n) is 7.00. The molecule has 104 valence electrons. The Morgan fingerprint density at radius 1 is 1.47 bits per heavy atom. The van der Waals surface area contributed by atoms with Gasteiger partial charge >= 0.3 is 6.03 Å². The van der Waals surface area contributed by atoms with Crippen molar-refractivity contribution in [3.8, 4) is 0 Å². The number of hydrogen-bond donors (Lipinski definition) is 1. The fraction of sp³-hybridized carbons (Fsp3) is 0.643. The van der Waals surface area contributed by atoms with Gasteiger partial charge in [-0.05, 0) is 48.1 Å². The summed E-state index contributed by atoms with van der Waals surface area (Å²) in [5.41, 5.74) is 1.23. The molecular weight excluding hydrogens is 260 g/mol. The lowest BCUT2D eigenvalue weighted by molar-refractivity contribution is 0.108. The van der Waals surface area contributed by atoms with E-state index in [1.54, 1.807) is 11.3 Å². The first kappa shape index (κ1) is 12.9. The predicted octanol–water partition coefficient (Wildman–Crippen LogP) is 2.60. The molecule has 0 bridgehead atoms. The van der Waals surface area contributed by atoms with Crippen LogP contribution in [0.15, 0.2) is 16.8 Å². The van der Waals surface area contributed by atoms with Crippen molar-refractivity contribution in [1.82, 2.24) is 10.2 Å². The van der Waals surface area contributed by atoms with Crippen molar-refractivity contribution in [2.75, 3.05) is 13.2 Å². The van der Waals surface area contributed by atoms with Gasteiger partial charge in [-0.1, -0.05) is 0 Å². The van der Waals surface area contributed by atoms with Crippen molar-refractivity contribution in [2.45, 2.75) is 44.4 Å². The van der Waals surface area contributed by atoms with Gasteiger partial charge in [0.25, 0.3) is 0 Å². The second-order valence-corrected chi connectivity index (χ2v) is 6.09. The van der Waals surface area contributed by atoms with Gasteiger partial charge in [-0.25, -0.2) is 4.79 Å². The van der Waals surface area contributed by atoms with Crippen molar-refractivity contribution < 1.29 is 9.53 Å². The summed E-state index contributed by atoms with van der Waals surface area (Å²) in [5.74, 6) is 0. The molecule has 19 heavy (non-hydrogen) atoms. The highest BCUT2D eigenvalue weighted by Crippen LogP contribution is 2.28. The Bertz CT molecular complexity index is 411. The molecule has 0 spiro atoms. The number of ether oxygens (including phenoxy) is 1. The molecule has 1 aliphatic heterocycles. The highest BCUT2D eigenvalue weighted by Gasteiger charge is 2.32. The first-order valence-corrected chi connectivity index (χ1v) is 7.94. The highest BCUT2D eigenvalue weighted by atomic mass is 32.1. The fourth-order valence-corrected chi connectivity index (χ4v) is 3.10. The van der Waals surface area contributed by atoms with Gasteiger partial charge in [0, 0.05) is 25.7 Å². The van der Waals surface area contributed by atoms with Crippen LogP contribution in [0.2, 0.25) is 0 Å². The Morgan fingerprint density at radius 2 is 2.37 bits per heavy atom. The van der Waals surface area contributed by atoms with Crippen molar-refractivity contribution in [2.24, 2.45) is 0 Å². The lowest BCUT2D eigenvalue weighted by Crippen LogP contribution is -2.43. The first-order chi connectivity index (χ1) is 9.33. The van der Waals surface area contributed by atoms with Gasteiger partial charge in [-0.3, -0.25) is 0 Å². The zero-order valence-corrected chi connectivity index (χ0v) is 11.8. The van der Waals surface area contributed by atoms with Crippen LogP contribution in [0, 0.1) is 0 Å². The number of urea groups is 1. The molecule has 1 aliphatic carbocycles. The monoisotopic (exact) mass is 280 g/mol. The second-order valence-electron chi connectivity index (χ2n) is 5.31. The number of thiophene rings is 1. The summed E-state index contributed by atoms with van der Waals surface area (Å²) in [4.78, 5) is 14.2. The SMILES string of the molecule is O=C(NC[C@@H]1CCCO1)N(Cc1ccsc1)C1CC1. The molecule has 1 saturated carbocycles. The zero-order valence-electron chi connectivity index (χ0n) is 11.0. The molecule has 1 aromatic heterocycles. The molecule has 0 aromatic carbocycles. The highest BCUT2D eigenvalue weighted by molar-refractivity contribution is 7.07. The molecule has 2 fully saturated rings. The summed E-state index contributed by atoms with van der Waals surface area (Å²) >= 11 is 1.68. The molecule has 3 rings (SSSR count). The Kier molecular flexibility index (Phi) is 4.03. The molecular formula is C14H20N2O2S. The predicted molar refractivity (Wildman–Crippen MR) is 75.3 cm³/mol.